The smallest absolute Gasteiger partial charge is 0.165 e. The number of nitrogens with zero attached hydrogens (tertiary/aromatic N) is 4. The molecule has 0 aliphatic carbocycles. The SMILES string of the molecule is Cc1ccccc1CCC[C@H]([C@H](C)OCc1ccccc1)n1cnc2c(N)ncnc21. The van der Waals surface area contributed by atoms with Gasteiger partial charge in [-0.25, -0.2) is 15.0 Å². The minimum Gasteiger partial charge on any atom is -0.382 e. The first-order valence-corrected chi connectivity index (χ1v) is 10.8. The molecule has 0 bridgehead atoms. The number of anilines is 1. The summed E-state index contributed by atoms with van der Waals surface area (Å²) in [6.45, 7) is 4.86. The van der Waals surface area contributed by atoms with E-state index in [2.05, 4.69) is 69.8 Å². The molecule has 31 heavy (non-hydrogen) atoms. The third-order valence-corrected chi connectivity index (χ3v) is 5.85. The maximum Gasteiger partial charge on any atom is 0.165 e. The van der Waals surface area contributed by atoms with Crippen molar-refractivity contribution in [2.24, 2.45) is 0 Å². The van der Waals surface area contributed by atoms with Crippen molar-refractivity contribution in [3.05, 3.63) is 83.9 Å². The van der Waals surface area contributed by atoms with E-state index < -0.39 is 0 Å². The quantitative estimate of drug-likeness (QED) is 0.421. The summed E-state index contributed by atoms with van der Waals surface area (Å²) in [5, 5.41) is 0. The van der Waals surface area contributed by atoms with Crippen molar-refractivity contribution in [1.82, 2.24) is 19.5 Å². The molecule has 0 saturated heterocycles. The molecule has 2 heterocycles. The second kappa shape index (κ2) is 9.71. The second-order valence-electron chi connectivity index (χ2n) is 7.97. The van der Waals surface area contributed by atoms with Crippen molar-refractivity contribution in [1.29, 1.82) is 0 Å². The van der Waals surface area contributed by atoms with Crippen molar-refractivity contribution >= 4 is 17.0 Å². The van der Waals surface area contributed by atoms with Gasteiger partial charge in [0, 0.05) is 0 Å². The summed E-state index contributed by atoms with van der Waals surface area (Å²) in [5.41, 5.74) is 11.3. The summed E-state index contributed by atoms with van der Waals surface area (Å²) in [7, 11) is 0. The number of rotatable bonds is 9. The van der Waals surface area contributed by atoms with E-state index in [0.29, 0.717) is 17.9 Å². The Morgan fingerprint density at radius 2 is 1.77 bits per heavy atom. The van der Waals surface area contributed by atoms with Gasteiger partial charge in [0.05, 0.1) is 25.1 Å². The van der Waals surface area contributed by atoms with Gasteiger partial charge >= 0.3 is 0 Å². The van der Waals surface area contributed by atoms with Crippen molar-refractivity contribution < 1.29 is 4.74 Å². The van der Waals surface area contributed by atoms with Crippen LogP contribution in [0.5, 0.6) is 0 Å². The first kappa shape index (κ1) is 21.0. The fourth-order valence-corrected chi connectivity index (χ4v) is 4.02. The number of hydrogen-bond donors (Lipinski definition) is 1. The number of ether oxygens (including phenoxy) is 1. The molecule has 0 saturated carbocycles. The number of nitrogens with two attached hydrogens (primary N) is 1. The molecular weight excluding hydrogens is 386 g/mol. The Morgan fingerprint density at radius 1 is 1.00 bits per heavy atom. The zero-order valence-corrected chi connectivity index (χ0v) is 18.1. The lowest BCUT2D eigenvalue weighted by Crippen LogP contribution is -2.24. The van der Waals surface area contributed by atoms with Gasteiger partial charge in [-0.15, -0.1) is 0 Å². The molecular formula is C25H29N5O. The summed E-state index contributed by atoms with van der Waals surface area (Å²) < 4.78 is 8.39. The topological polar surface area (TPSA) is 78.9 Å². The highest BCUT2D eigenvalue weighted by Crippen LogP contribution is 2.27. The standard InChI is InChI=1S/C25H29N5O/c1-18-9-6-7-12-21(18)13-8-14-22(19(2)31-15-20-10-4-3-5-11-20)30-17-29-23-24(26)27-16-28-25(23)30/h3-7,9-12,16-17,19,22H,8,13-15H2,1-2H3,(H2,26,27,28)/t19-,22+/m0/s1. The maximum atomic E-state index is 6.30. The predicted octanol–water partition coefficient (Wildman–Crippen LogP) is 4.89. The fourth-order valence-electron chi connectivity index (χ4n) is 4.02. The van der Waals surface area contributed by atoms with Crippen LogP contribution in [0.4, 0.5) is 5.82 Å². The van der Waals surface area contributed by atoms with Crippen LogP contribution in [0, 0.1) is 6.92 Å². The molecule has 0 spiro atoms. The van der Waals surface area contributed by atoms with E-state index in [1.807, 2.05) is 24.5 Å². The Labute approximate surface area is 183 Å². The molecule has 6 nitrogen and oxygen atoms in total. The monoisotopic (exact) mass is 415 g/mol. The van der Waals surface area contributed by atoms with Gasteiger partial charge in [0.1, 0.15) is 11.8 Å². The van der Waals surface area contributed by atoms with Crippen molar-refractivity contribution in [3.8, 4) is 0 Å². The summed E-state index contributed by atoms with van der Waals surface area (Å²) in [6.07, 6.45) is 6.30. The Balaban J connectivity index is 1.53. The maximum absolute atomic E-state index is 6.30. The average Bonchev–Trinajstić information content (AvgIpc) is 3.22. The van der Waals surface area contributed by atoms with Gasteiger partial charge < -0.3 is 15.0 Å². The van der Waals surface area contributed by atoms with Crippen LogP contribution >= 0.6 is 0 Å². The van der Waals surface area contributed by atoms with Crippen LogP contribution in [0.3, 0.4) is 0 Å². The largest absolute Gasteiger partial charge is 0.382 e. The highest BCUT2D eigenvalue weighted by molar-refractivity contribution is 5.81. The molecule has 2 atom stereocenters. The molecule has 0 aliphatic rings. The van der Waals surface area contributed by atoms with E-state index >= 15 is 0 Å². The van der Waals surface area contributed by atoms with E-state index in [9.17, 15) is 0 Å². The Hall–Kier alpha value is -3.25. The lowest BCUT2D eigenvalue weighted by atomic mass is 9.99. The van der Waals surface area contributed by atoms with Crippen LogP contribution in [0.2, 0.25) is 0 Å². The molecule has 6 heteroatoms. The molecule has 4 rings (SSSR count). The normalized spacial score (nSPS) is 13.4. The first-order valence-electron chi connectivity index (χ1n) is 10.8. The first-order chi connectivity index (χ1) is 15.1. The molecule has 2 aromatic heterocycles. The Kier molecular flexibility index (Phi) is 6.57. The number of benzene rings is 2. The van der Waals surface area contributed by atoms with Gasteiger partial charge in [0.25, 0.3) is 0 Å². The fraction of sp³-hybridized carbons (Fsp3) is 0.320. The van der Waals surface area contributed by atoms with Crippen LogP contribution in [0.25, 0.3) is 11.2 Å². The molecule has 0 unspecified atom stereocenters. The minimum atomic E-state index is -0.0225. The van der Waals surface area contributed by atoms with Gasteiger partial charge in [0.15, 0.2) is 11.5 Å². The number of imidazole rings is 1. The lowest BCUT2D eigenvalue weighted by molar-refractivity contribution is 0.0152. The molecule has 2 aromatic carbocycles. The highest BCUT2D eigenvalue weighted by atomic mass is 16.5. The van der Waals surface area contributed by atoms with Crippen molar-refractivity contribution in [3.63, 3.8) is 0 Å². The third-order valence-electron chi connectivity index (χ3n) is 5.85. The predicted molar refractivity (Wildman–Crippen MR) is 124 cm³/mol. The summed E-state index contributed by atoms with van der Waals surface area (Å²) in [4.78, 5) is 13.0. The van der Waals surface area contributed by atoms with Gasteiger partial charge in [-0.05, 0) is 49.8 Å². The van der Waals surface area contributed by atoms with Crippen molar-refractivity contribution in [2.45, 2.75) is 51.9 Å². The zero-order chi connectivity index (χ0) is 21.6. The molecule has 0 aliphatic heterocycles. The van der Waals surface area contributed by atoms with E-state index in [0.717, 1.165) is 30.5 Å². The third kappa shape index (κ3) is 4.91. The van der Waals surface area contributed by atoms with Crippen LogP contribution in [-0.2, 0) is 17.8 Å². The molecule has 160 valence electrons. The van der Waals surface area contributed by atoms with Crippen molar-refractivity contribution in [2.75, 3.05) is 5.73 Å². The molecule has 0 radical (unpaired) electrons. The highest BCUT2D eigenvalue weighted by Gasteiger charge is 2.23. The van der Waals surface area contributed by atoms with Gasteiger partial charge in [-0.2, -0.15) is 0 Å². The van der Waals surface area contributed by atoms with E-state index in [1.54, 1.807) is 0 Å². The van der Waals surface area contributed by atoms with Gasteiger partial charge in [0.2, 0.25) is 0 Å². The minimum absolute atomic E-state index is 0.0225. The average molecular weight is 416 g/mol. The number of fused-ring (bicyclic) bond motifs is 1. The molecule has 0 fully saturated rings. The number of hydrogen-bond acceptors (Lipinski definition) is 5. The van der Waals surface area contributed by atoms with Crippen LogP contribution in [0.15, 0.2) is 67.3 Å². The Morgan fingerprint density at radius 3 is 2.58 bits per heavy atom. The van der Waals surface area contributed by atoms with Crippen LogP contribution in [0.1, 0.15) is 42.5 Å². The second-order valence-corrected chi connectivity index (χ2v) is 7.97. The number of nitrogen functional groups attached to an aromatic ring is 1. The number of aromatic nitrogens is 4. The van der Waals surface area contributed by atoms with Gasteiger partial charge in [-0.3, -0.25) is 0 Å². The van der Waals surface area contributed by atoms with E-state index in [1.165, 1.54) is 17.5 Å². The molecule has 4 aromatic rings. The van der Waals surface area contributed by atoms with Crippen LogP contribution < -0.4 is 5.73 Å². The summed E-state index contributed by atoms with van der Waals surface area (Å²) in [5.74, 6) is 0.403. The summed E-state index contributed by atoms with van der Waals surface area (Å²) in [6, 6.07) is 18.9. The van der Waals surface area contributed by atoms with Crippen LogP contribution in [-0.4, -0.2) is 25.6 Å². The Bertz CT molecular complexity index is 1130. The molecule has 2 N–H and O–H groups in total. The zero-order valence-electron chi connectivity index (χ0n) is 18.1. The van der Waals surface area contributed by atoms with E-state index in [4.69, 9.17) is 10.5 Å². The summed E-state index contributed by atoms with van der Waals surface area (Å²) >= 11 is 0. The lowest BCUT2D eigenvalue weighted by Gasteiger charge is -2.26. The van der Waals surface area contributed by atoms with Gasteiger partial charge in [-0.1, -0.05) is 54.6 Å². The van der Waals surface area contributed by atoms with E-state index in [-0.39, 0.29) is 12.1 Å². The number of aryl methyl sites for hydroxylation is 2. The molecule has 0 amide bonds.